The number of nitrogens with zero attached hydrogens (tertiary/aromatic N) is 4. The number of rotatable bonds is 5. The third kappa shape index (κ3) is 4.59. The number of aromatic nitrogens is 2. The van der Waals surface area contributed by atoms with Gasteiger partial charge in [-0.1, -0.05) is 23.4 Å². The second kappa shape index (κ2) is 8.26. The lowest BCUT2D eigenvalue weighted by Gasteiger charge is -2.06. The van der Waals surface area contributed by atoms with E-state index < -0.39 is 0 Å². The quantitative estimate of drug-likeness (QED) is 0.447. The summed E-state index contributed by atoms with van der Waals surface area (Å²) in [5.74, 6) is 0.778. The lowest BCUT2D eigenvalue weighted by molar-refractivity contribution is 0.102. The number of carbonyl (C=O) groups excluding carboxylic acids is 1. The lowest BCUT2D eigenvalue weighted by atomic mass is 10.1. The molecular formula is C22H17N5O2. The van der Waals surface area contributed by atoms with E-state index in [9.17, 15) is 4.79 Å². The Morgan fingerprint density at radius 3 is 2.14 bits per heavy atom. The molecule has 0 fully saturated rings. The first-order chi connectivity index (χ1) is 14.2. The van der Waals surface area contributed by atoms with E-state index in [-0.39, 0.29) is 5.91 Å². The van der Waals surface area contributed by atoms with Gasteiger partial charge in [0.1, 0.15) is 0 Å². The van der Waals surface area contributed by atoms with Gasteiger partial charge in [-0.2, -0.15) is 15.2 Å². The van der Waals surface area contributed by atoms with Gasteiger partial charge in [0.05, 0.1) is 11.4 Å². The fraction of sp³-hybridized carbons (Fsp3) is 0.0455. The normalized spacial score (nSPS) is 10.9. The Morgan fingerprint density at radius 2 is 1.52 bits per heavy atom. The predicted octanol–water partition coefficient (Wildman–Crippen LogP) is 5.71. The molecule has 1 heterocycles. The number of benzene rings is 3. The van der Waals surface area contributed by atoms with E-state index in [0.29, 0.717) is 28.7 Å². The van der Waals surface area contributed by atoms with Crippen LogP contribution in [0.1, 0.15) is 16.2 Å². The zero-order chi connectivity index (χ0) is 20.1. The molecule has 4 aromatic rings. The van der Waals surface area contributed by atoms with Gasteiger partial charge < -0.3 is 9.84 Å². The second-order valence-corrected chi connectivity index (χ2v) is 6.26. The molecule has 0 aliphatic heterocycles. The second-order valence-electron chi connectivity index (χ2n) is 6.26. The molecule has 29 heavy (non-hydrogen) atoms. The van der Waals surface area contributed by atoms with Gasteiger partial charge >= 0.3 is 0 Å². The average Bonchev–Trinajstić information content (AvgIpc) is 3.20. The average molecular weight is 383 g/mol. The number of amides is 1. The third-order valence-electron chi connectivity index (χ3n) is 4.08. The third-order valence-corrected chi connectivity index (χ3v) is 4.08. The highest BCUT2D eigenvalue weighted by molar-refractivity contribution is 6.04. The van der Waals surface area contributed by atoms with E-state index >= 15 is 0 Å². The van der Waals surface area contributed by atoms with Crippen LogP contribution >= 0.6 is 0 Å². The molecule has 1 N–H and O–H groups in total. The molecule has 0 aliphatic rings. The first kappa shape index (κ1) is 18.2. The van der Waals surface area contributed by atoms with E-state index in [4.69, 9.17) is 4.52 Å². The molecule has 0 unspecified atom stereocenters. The highest BCUT2D eigenvalue weighted by atomic mass is 16.5. The van der Waals surface area contributed by atoms with Crippen LogP contribution in [0.4, 0.5) is 17.1 Å². The Labute approximate surface area is 167 Å². The number of aryl methyl sites for hydroxylation is 1. The van der Waals surface area contributed by atoms with Crippen molar-refractivity contribution in [1.29, 1.82) is 0 Å². The van der Waals surface area contributed by atoms with Crippen LogP contribution in [0.15, 0.2) is 93.6 Å². The summed E-state index contributed by atoms with van der Waals surface area (Å²) in [6.07, 6.45) is 0. The van der Waals surface area contributed by atoms with Gasteiger partial charge in [-0.25, -0.2) is 0 Å². The molecule has 3 aromatic carbocycles. The minimum atomic E-state index is -0.211. The smallest absolute Gasteiger partial charge is 0.257 e. The number of anilines is 1. The first-order valence-electron chi connectivity index (χ1n) is 8.96. The van der Waals surface area contributed by atoms with Crippen molar-refractivity contribution in [2.24, 2.45) is 10.2 Å². The van der Waals surface area contributed by atoms with Crippen molar-refractivity contribution in [3.8, 4) is 11.5 Å². The van der Waals surface area contributed by atoms with Crippen molar-refractivity contribution in [1.82, 2.24) is 10.1 Å². The molecule has 0 aliphatic carbocycles. The van der Waals surface area contributed by atoms with E-state index in [1.807, 2.05) is 30.3 Å². The van der Waals surface area contributed by atoms with Crippen molar-refractivity contribution in [3.63, 3.8) is 0 Å². The lowest BCUT2D eigenvalue weighted by Crippen LogP contribution is -2.11. The molecule has 0 radical (unpaired) electrons. The fourth-order valence-electron chi connectivity index (χ4n) is 2.60. The highest BCUT2D eigenvalue weighted by Gasteiger charge is 2.09. The molecular weight excluding hydrogens is 366 g/mol. The van der Waals surface area contributed by atoms with Crippen LogP contribution in [0.25, 0.3) is 11.5 Å². The summed E-state index contributed by atoms with van der Waals surface area (Å²) in [7, 11) is 0. The summed E-state index contributed by atoms with van der Waals surface area (Å²) in [6, 6.07) is 23.6. The standard InChI is InChI=1S/C22H17N5O2/c1-15-23-22(29-27-15)17-9-7-16(8-10-17)21(28)24-18-11-13-20(14-12-18)26-25-19-5-3-2-4-6-19/h2-14H,1H3,(H,24,28). The van der Waals surface area contributed by atoms with Gasteiger partial charge in [-0.05, 0) is 67.6 Å². The van der Waals surface area contributed by atoms with E-state index in [1.165, 1.54) is 0 Å². The van der Waals surface area contributed by atoms with Gasteiger partial charge in [0.15, 0.2) is 5.82 Å². The molecule has 0 bridgehead atoms. The van der Waals surface area contributed by atoms with E-state index in [2.05, 4.69) is 25.7 Å². The maximum atomic E-state index is 12.5. The highest BCUT2D eigenvalue weighted by Crippen LogP contribution is 2.21. The van der Waals surface area contributed by atoms with Crippen molar-refractivity contribution >= 4 is 23.0 Å². The van der Waals surface area contributed by atoms with Crippen molar-refractivity contribution in [2.45, 2.75) is 6.92 Å². The molecule has 0 atom stereocenters. The monoisotopic (exact) mass is 383 g/mol. The van der Waals surface area contributed by atoms with Gasteiger partial charge in [0.25, 0.3) is 11.8 Å². The van der Waals surface area contributed by atoms with Crippen LogP contribution in [0.3, 0.4) is 0 Å². The van der Waals surface area contributed by atoms with E-state index in [0.717, 1.165) is 11.3 Å². The van der Waals surface area contributed by atoms with E-state index in [1.54, 1.807) is 55.5 Å². The molecule has 1 aromatic heterocycles. The fourth-order valence-corrected chi connectivity index (χ4v) is 2.60. The van der Waals surface area contributed by atoms with Crippen LogP contribution in [0.5, 0.6) is 0 Å². The van der Waals surface area contributed by atoms with Crippen LogP contribution in [0, 0.1) is 6.92 Å². The maximum absolute atomic E-state index is 12.5. The number of hydrogen-bond donors (Lipinski definition) is 1. The minimum absolute atomic E-state index is 0.211. The molecule has 0 spiro atoms. The summed E-state index contributed by atoms with van der Waals surface area (Å²) < 4.78 is 5.13. The Kier molecular flexibility index (Phi) is 5.20. The Hall–Kier alpha value is -4.13. The van der Waals surface area contributed by atoms with Crippen LogP contribution in [-0.2, 0) is 0 Å². The summed E-state index contributed by atoms with van der Waals surface area (Å²) >= 11 is 0. The summed E-state index contributed by atoms with van der Waals surface area (Å²) in [5.41, 5.74) is 3.44. The molecule has 7 nitrogen and oxygen atoms in total. The minimum Gasteiger partial charge on any atom is -0.334 e. The Morgan fingerprint density at radius 1 is 0.862 bits per heavy atom. The van der Waals surface area contributed by atoms with Crippen LogP contribution in [-0.4, -0.2) is 16.0 Å². The Balaban J connectivity index is 1.40. The van der Waals surface area contributed by atoms with Crippen molar-refractivity contribution in [3.05, 3.63) is 90.3 Å². The summed E-state index contributed by atoms with van der Waals surface area (Å²) in [4.78, 5) is 16.6. The SMILES string of the molecule is Cc1noc(-c2ccc(C(=O)Nc3ccc(N=Nc4ccccc4)cc3)cc2)n1. The van der Waals surface area contributed by atoms with Crippen LogP contribution < -0.4 is 5.32 Å². The number of carbonyl (C=O) groups is 1. The number of nitrogens with one attached hydrogen (secondary N) is 1. The van der Waals surface area contributed by atoms with Crippen molar-refractivity contribution < 1.29 is 9.32 Å². The largest absolute Gasteiger partial charge is 0.334 e. The topological polar surface area (TPSA) is 92.7 Å². The molecule has 4 rings (SSSR count). The molecule has 1 amide bonds. The number of hydrogen-bond acceptors (Lipinski definition) is 6. The molecule has 142 valence electrons. The molecule has 0 saturated carbocycles. The summed E-state index contributed by atoms with van der Waals surface area (Å²) in [6.45, 7) is 1.75. The molecule has 0 saturated heterocycles. The maximum Gasteiger partial charge on any atom is 0.257 e. The van der Waals surface area contributed by atoms with Crippen LogP contribution in [0.2, 0.25) is 0 Å². The van der Waals surface area contributed by atoms with Gasteiger partial charge in [0, 0.05) is 16.8 Å². The first-order valence-corrected chi connectivity index (χ1v) is 8.96. The van der Waals surface area contributed by atoms with Crippen molar-refractivity contribution in [2.75, 3.05) is 5.32 Å². The van der Waals surface area contributed by atoms with Gasteiger partial charge in [-0.15, -0.1) is 0 Å². The Bertz CT molecular complexity index is 1130. The summed E-state index contributed by atoms with van der Waals surface area (Å²) in [5, 5.41) is 15.0. The zero-order valence-electron chi connectivity index (χ0n) is 15.6. The molecule has 7 heteroatoms. The van der Waals surface area contributed by atoms with Gasteiger partial charge in [0.2, 0.25) is 0 Å². The number of azo groups is 1. The zero-order valence-corrected chi connectivity index (χ0v) is 15.6. The van der Waals surface area contributed by atoms with Gasteiger partial charge in [-0.3, -0.25) is 4.79 Å². The predicted molar refractivity (Wildman–Crippen MR) is 109 cm³/mol.